The quantitative estimate of drug-likeness (QED) is 0.466. The van der Waals surface area contributed by atoms with Crippen LogP contribution in [0.25, 0.3) is 0 Å². The van der Waals surface area contributed by atoms with E-state index < -0.39 is 29.9 Å². The Morgan fingerprint density at radius 1 is 1.32 bits per heavy atom. The fourth-order valence-electron chi connectivity index (χ4n) is 2.04. The summed E-state index contributed by atoms with van der Waals surface area (Å²) in [6.07, 6.45) is -5.31. The molecule has 1 fully saturated rings. The average Bonchev–Trinajstić information content (AvgIpc) is 2.62. The second-order valence-corrected chi connectivity index (χ2v) is 6.41. The SMILES string of the molecule is [CH2-][C@@H]1OC(C)(C)O[C@@H]1[C@H]([CH2-])Sc1cccc(C(F)(F)F)n1.[Li+]. The number of halogens is 3. The molecule has 1 aliphatic rings. The number of aromatic nitrogens is 1. The Hall–Kier alpha value is -0.193. The first kappa shape index (κ1) is 19.9. The Kier molecular flexibility index (Phi) is 6.45. The minimum atomic E-state index is -4.46. The van der Waals surface area contributed by atoms with Gasteiger partial charge in [0.05, 0.1) is 5.03 Å². The van der Waals surface area contributed by atoms with Crippen LogP contribution >= 0.6 is 11.8 Å². The van der Waals surface area contributed by atoms with Gasteiger partial charge in [-0.05, 0) is 32.1 Å². The fraction of sp³-hybridized carbons (Fsp3) is 0.500. The molecule has 0 radical (unpaired) electrons. The van der Waals surface area contributed by atoms with Gasteiger partial charge in [-0.3, -0.25) is 0 Å². The molecule has 0 N–H and O–H groups in total. The number of alkyl halides is 3. The van der Waals surface area contributed by atoms with Crippen molar-refractivity contribution in [3.05, 3.63) is 37.7 Å². The predicted molar refractivity (Wildman–Crippen MR) is 73.4 cm³/mol. The number of hydrogen-bond donors (Lipinski definition) is 0. The summed E-state index contributed by atoms with van der Waals surface area (Å²) in [4.78, 5) is 3.60. The summed E-state index contributed by atoms with van der Waals surface area (Å²) >= 11 is 1.11. The van der Waals surface area contributed by atoms with E-state index in [1.54, 1.807) is 13.8 Å². The van der Waals surface area contributed by atoms with Crippen LogP contribution in [-0.4, -0.2) is 28.2 Å². The first-order chi connectivity index (χ1) is 9.58. The van der Waals surface area contributed by atoms with Crippen LogP contribution in [0, 0.1) is 13.8 Å². The monoisotopic (exact) mass is 326 g/mol. The Balaban J connectivity index is 0.00000242. The van der Waals surface area contributed by atoms with E-state index in [0.717, 1.165) is 17.8 Å². The van der Waals surface area contributed by atoms with Crippen LogP contribution in [0.3, 0.4) is 0 Å². The van der Waals surface area contributed by atoms with Gasteiger partial charge in [-0.1, -0.05) is 11.3 Å². The normalized spacial score (nSPS) is 25.6. The maximum atomic E-state index is 12.6. The molecule has 0 unspecified atom stereocenters. The molecular weight excluding hydrogens is 310 g/mol. The third-order valence-electron chi connectivity index (χ3n) is 2.87. The molecule has 0 spiro atoms. The molecule has 1 aromatic rings. The van der Waals surface area contributed by atoms with Gasteiger partial charge < -0.3 is 23.3 Å². The Morgan fingerprint density at radius 2 is 1.95 bits per heavy atom. The van der Waals surface area contributed by atoms with Gasteiger partial charge in [0.1, 0.15) is 5.69 Å². The zero-order valence-corrected chi connectivity index (χ0v) is 13.5. The van der Waals surface area contributed by atoms with Gasteiger partial charge in [-0.2, -0.15) is 13.2 Å². The van der Waals surface area contributed by atoms with Gasteiger partial charge >= 0.3 is 25.0 Å². The standard InChI is InChI=1S/C14H16F3NO2S.Li/c1-8-12(20-13(3,4)19-8)9(2)21-11-7-5-6-10(18-11)14(15,16)17;/h5-9,12H,1-2H2,3-4H3;/q-2;+1/t8-,9-,12-;/m0./s1. The van der Waals surface area contributed by atoms with E-state index in [-0.39, 0.29) is 29.1 Å². The van der Waals surface area contributed by atoms with Crippen molar-refractivity contribution in [2.75, 3.05) is 0 Å². The molecule has 118 valence electrons. The molecule has 3 atom stereocenters. The molecule has 0 aliphatic carbocycles. The topological polar surface area (TPSA) is 31.4 Å². The molecular formula is C14H16F3LiNO2S-. The molecule has 2 rings (SSSR count). The first-order valence-electron chi connectivity index (χ1n) is 6.31. The molecule has 0 bridgehead atoms. The van der Waals surface area contributed by atoms with Crippen LogP contribution in [0.4, 0.5) is 13.2 Å². The largest absolute Gasteiger partial charge is 1.00 e. The summed E-state index contributed by atoms with van der Waals surface area (Å²) in [5, 5.41) is -0.143. The van der Waals surface area contributed by atoms with Crippen LogP contribution in [0.1, 0.15) is 19.5 Å². The maximum Gasteiger partial charge on any atom is 1.00 e. The molecule has 1 aromatic heterocycles. The number of nitrogens with zero attached hydrogens (tertiary/aromatic N) is 1. The smallest absolute Gasteiger partial charge is 0.377 e. The van der Waals surface area contributed by atoms with Crippen molar-refractivity contribution in [3.63, 3.8) is 0 Å². The molecule has 0 saturated carbocycles. The third-order valence-corrected chi connectivity index (χ3v) is 3.91. The van der Waals surface area contributed by atoms with Crippen molar-refractivity contribution in [2.45, 2.75) is 48.3 Å². The minimum Gasteiger partial charge on any atom is -0.377 e. The molecule has 22 heavy (non-hydrogen) atoms. The Bertz CT molecular complexity index is 513. The molecule has 0 aromatic carbocycles. The molecule has 0 amide bonds. The number of ether oxygens (including phenoxy) is 2. The summed E-state index contributed by atoms with van der Waals surface area (Å²) in [5.74, 6) is -0.769. The molecule has 2 heterocycles. The summed E-state index contributed by atoms with van der Waals surface area (Å²) in [5.41, 5.74) is -0.921. The maximum absolute atomic E-state index is 12.6. The van der Waals surface area contributed by atoms with Crippen molar-refractivity contribution < 1.29 is 41.5 Å². The van der Waals surface area contributed by atoms with E-state index in [4.69, 9.17) is 9.47 Å². The van der Waals surface area contributed by atoms with Crippen molar-refractivity contribution >= 4 is 11.8 Å². The average molecular weight is 326 g/mol. The van der Waals surface area contributed by atoms with Crippen molar-refractivity contribution in [3.8, 4) is 0 Å². The third kappa shape index (κ3) is 4.90. The summed E-state index contributed by atoms with van der Waals surface area (Å²) in [6.45, 7) is 11.3. The van der Waals surface area contributed by atoms with Gasteiger partial charge in [0.15, 0.2) is 5.79 Å². The van der Waals surface area contributed by atoms with Crippen LogP contribution in [0.2, 0.25) is 0 Å². The number of rotatable bonds is 3. The summed E-state index contributed by atoms with van der Waals surface area (Å²) in [7, 11) is 0. The van der Waals surface area contributed by atoms with Gasteiger partial charge in [0, 0.05) is 6.10 Å². The van der Waals surface area contributed by atoms with Crippen LogP contribution in [0.5, 0.6) is 0 Å². The Morgan fingerprint density at radius 3 is 2.45 bits per heavy atom. The van der Waals surface area contributed by atoms with Crippen molar-refractivity contribution in [1.29, 1.82) is 0 Å². The zero-order valence-electron chi connectivity index (χ0n) is 12.7. The van der Waals surface area contributed by atoms with E-state index in [2.05, 4.69) is 18.8 Å². The van der Waals surface area contributed by atoms with E-state index in [1.165, 1.54) is 12.1 Å². The second kappa shape index (κ2) is 7.14. The Labute approximate surface area is 144 Å². The number of hydrogen-bond acceptors (Lipinski definition) is 4. The summed E-state index contributed by atoms with van der Waals surface area (Å²) < 4.78 is 49.1. The van der Waals surface area contributed by atoms with Gasteiger partial charge in [-0.15, -0.1) is 11.8 Å². The van der Waals surface area contributed by atoms with E-state index >= 15 is 0 Å². The van der Waals surface area contributed by atoms with Crippen LogP contribution in [0.15, 0.2) is 23.2 Å². The molecule has 3 nitrogen and oxygen atoms in total. The predicted octanol–water partition coefficient (Wildman–Crippen LogP) is 0.753. The van der Waals surface area contributed by atoms with Crippen molar-refractivity contribution in [2.24, 2.45) is 0 Å². The molecule has 1 aliphatic heterocycles. The number of thioether (sulfide) groups is 1. The minimum absolute atomic E-state index is 0. The van der Waals surface area contributed by atoms with E-state index in [1.807, 2.05) is 0 Å². The van der Waals surface area contributed by atoms with Crippen LogP contribution in [-0.2, 0) is 15.7 Å². The molecule has 8 heteroatoms. The first-order valence-corrected chi connectivity index (χ1v) is 7.19. The van der Waals surface area contributed by atoms with Crippen molar-refractivity contribution in [1.82, 2.24) is 4.98 Å². The summed E-state index contributed by atoms with van der Waals surface area (Å²) in [6, 6.07) is 3.77. The molecule has 1 saturated heterocycles. The van der Waals surface area contributed by atoms with Gasteiger partial charge in [-0.25, -0.2) is 4.98 Å². The zero-order chi connectivity index (χ0) is 15.8. The van der Waals surface area contributed by atoms with E-state index in [9.17, 15) is 13.2 Å². The van der Waals surface area contributed by atoms with Gasteiger partial charge in [0.2, 0.25) is 0 Å². The van der Waals surface area contributed by atoms with Gasteiger partial charge in [0.25, 0.3) is 0 Å². The second-order valence-electron chi connectivity index (χ2n) is 5.15. The van der Waals surface area contributed by atoms with E-state index in [0.29, 0.717) is 0 Å². The van der Waals surface area contributed by atoms with Crippen LogP contribution < -0.4 is 18.9 Å². The number of pyridine rings is 1. The fourth-order valence-corrected chi connectivity index (χ4v) is 3.02.